The predicted octanol–water partition coefficient (Wildman–Crippen LogP) is 0.128. The maximum absolute atomic E-state index is 12.4. The van der Waals surface area contributed by atoms with E-state index < -0.39 is 12.0 Å². The molecular formula is C14H22N4O3. The van der Waals surface area contributed by atoms with Crippen LogP contribution in [0.1, 0.15) is 31.7 Å². The van der Waals surface area contributed by atoms with Crippen molar-refractivity contribution < 1.29 is 14.3 Å². The zero-order valence-electron chi connectivity index (χ0n) is 12.6. The maximum atomic E-state index is 12.4. The van der Waals surface area contributed by atoms with Gasteiger partial charge in [0.2, 0.25) is 5.91 Å². The Hall–Kier alpha value is -1.89. The van der Waals surface area contributed by atoms with Gasteiger partial charge < -0.3 is 15.0 Å². The number of ether oxygens (including phenoxy) is 1. The average molecular weight is 294 g/mol. The van der Waals surface area contributed by atoms with E-state index in [1.807, 2.05) is 13.8 Å². The van der Waals surface area contributed by atoms with Crippen LogP contribution in [0.4, 0.5) is 0 Å². The van der Waals surface area contributed by atoms with E-state index in [9.17, 15) is 9.59 Å². The van der Waals surface area contributed by atoms with Gasteiger partial charge in [0, 0.05) is 13.0 Å². The third kappa shape index (κ3) is 3.41. The number of aromatic nitrogens is 2. The normalized spacial score (nSPS) is 20.2. The van der Waals surface area contributed by atoms with Crippen molar-refractivity contribution in [2.45, 2.75) is 45.3 Å². The van der Waals surface area contributed by atoms with Crippen molar-refractivity contribution in [1.82, 2.24) is 20.6 Å². The third-order valence-electron chi connectivity index (χ3n) is 4.01. The molecule has 21 heavy (non-hydrogen) atoms. The highest BCUT2D eigenvalue weighted by Crippen LogP contribution is 2.14. The maximum Gasteiger partial charge on any atom is 0.328 e. The van der Waals surface area contributed by atoms with Gasteiger partial charge in [-0.2, -0.15) is 0 Å². The number of nitrogens with one attached hydrogen (secondary N) is 3. The molecule has 0 bridgehead atoms. The molecule has 1 aromatic heterocycles. The number of H-pyrrole nitrogens is 1. The van der Waals surface area contributed by atoms with Crippen LogP contribution in [0.25, 0.3) is 0 Å². The Morgan fingerprint density at radius 1 is 1.57 bits per heavy atom. The summed E-state index contributed by atoms with van der Waals surface area (Å²) >= 11 is 0. The highest BCUT2D eigenvalue weighted by Gasteiger charge is 2.31. The zero-order chi connectivity index (χ0) is 15.4. The number of nitrogens with zero attached hydrogens (tertiary/aromatic N) is 1. The fourth-order valence-corrected chi connectivity index (χ4v) is 2.40. The summed E-state index contributed by atoms with van der Waals surface area (Å²) in [6.45, 7) is 4.46. The lowest BCUT2D eigenvalue weighted by Crippen LogP contribution is -2.54. The van der Waals surface area contributed by atoms with Crippen LogP contribution in [0.2, 0.25) is 0 Å². The smallest absolute Gasteiger partial charge is 0.328 e. The second-order valence-corrected chi connectivity index (χ2v) is 5.36. The highest BCUT2D eigenvalue weighted by molar-refractivity contribution is 5.88. The number of esters is 1. The van der Waals surface area contributed by atoms with Crippen LogP contribution < -0.4 is 10.6 Å². The molecule has 2 rings (SSSR count). The summed E-state index contributed by atoms with van der Waals surface area (Å²) in [6, 6.07) is -0.994. The summed E-state index contributed by atoms with van der Waals surface area (Å²) in [6.07, 6.45) is 2.92. The molecule has 0 aliphatic carbocycles. The molecule has 2 heterocycles. The zero-order valence-corrected chi connectivity index (χ0v) is 12.6. The Kier molecular flexibility index (Phi) is 4.95. The standard InChI is InChI=1S/C14H22N4O3/c1-4-8(2)12(14(20)21-3)18-13(19)10-5-9-11(6-15-10)17-7-16-9/h7-8,10,12,15H,4-6H2,1-3H3,(H,16,17)(H,18,19). The molecule has 0 spiro atoms. The van der Waals surface area contributed by atoms with E-state index in [1.165, 1.54) is 7.11 Å². The molecule has 1 aliphatic rings. The van der Waals surface area contributed by atoms with Gasteiger partial charge in [-0.1, -0.05) is 20.3 Å². The Morgan fingerprint density at radius 2 is 2.33 bits per heavy atom. The molecule has 1 aromatic rings. The quantitative estimate of drug-likeness (QED) is 0.671. The number of fused-ring (bicyclic) bond motifs is 1. The average Bonchev–Trinajstić information content (AvgIpc) is 2.98. The Bertz CT molecular complexity index is 514. The van der Waals surface area contributed by atoms with Gasteiger partial charge in [0.15, 0.2) is 0 Å². The molecule has 0 radical (unpaired) electrons. The van der Waals surface area contributed by atoms with E-state index in [2.05, 4.69) is 20.6 Å². The molecular weight excluding hydrogens is 272 g/mol. The summed E-state index contributed by atoms with van der Waals surface area (Å²) in [5, 5.41) is 5.94. The topological polar surface area (TPSA) is 96.1 Å². The Morgan fingerprint density at radius 3 is 3.00 bits per heavy atom. The van der Waals surface area contributed by atoms with E-state index >= 15 is 0 Å². The summed E-state index contributed by atoms with van der Waals surface area (Å²) in [7, 11) is 1.33. The monoisotopic (exact) mass is 294 g/mol. The highest BCUT2D eigenvalue weighted by atomic mass is 16.5. The number of hydrogen-bond acceptors (Lipinski definition) is 5. The van der Waals surface area contributed by atoms with Crippen molar-refractivity contribution in [2.75, 3.05) is 7.11 Å². The first-order chi connectivity index (χ1) is 10.1. The largest absolute Gasteiger partial charge is 0.467 e. The molecule has 0 aromatic carbocycles. The number of aromatic amines is 1. The van der Waals surface area contributed by atoms with Gasteiger partial charge in [0.1, 0.15) is 6.04 Å². The van der Waals surface area contributed by atoms with Crippen LogP contribution in [0, 0.1) is 5.92 Å². The molecule has 3 unspecified atom stereocenters. The molecule has 0 saturated carbocycles. The molecule has 3 atom stereocenters. The molecule has 1 aliphatic heterocycles. The number of hydrogen-bond donors (Lipinski definition) is 3. The summed E-state index contributed by atoms with van der Waals surface area (Å²) in [5.41, 5.74) is 1.90. The molecule has 0 fully saturated rings. The molecule has 3 N–H and O–H groups in total. The number of rotatable bonds is 5. The van der Waals surface area contributed by atoms with E-state index in [0.29, 0.717) is 13.0 Å². The van der Waals surface area contributed by atoms with E-state index in [4.69, 9.17) is 4.74 Å². The van der Waals surface area contributed by atoms with E-state index in [-0.39, 0.29) is 17.9 Å². The lowest BCUT2D eigenvalue weighted by molar-refractivity contribution is -0.146. The molecule has 116 valence electrons. The van der Waals surface area contributed by atoms with Crippen molar-refractivity contribution in [1.29, 1.82) is 0 Å². The predicted molar refractivity (Wildman–Crippen MR) is 76.3 cm³/mol. The van der Waals surface area contributed by atoms with Crippen LogP contribution in [-0.4, -0.2) is 41.0 Å². The van der Waals surface area contributed by atoms with Crippen molar-refractivity contribution in [3.63, 3.8) is 0 Å². The van der Waals surface area contributed by atoms with Crippen LogP contribution >= 0.6 is 0 Å². The van der Waals surface area contributed by atoms with Crippen molar-refractivity contribution in [3.05, 3.63) is 17.7 Å². The van der Waals surface area contributed by atoms with Crippen LogP contribution in [0.5, 0.6) is 0 Å². The lowest BCUT2D eigenvalue weighted by Gasteiger charge is -2.27. The van der Waals surface area contributed by atoms with Gasteiger partial charge in [0.25, 0.3) is 0 Å². The number of carbonyl (C=O) groups is 2. The van der Waals surface area contributed by atoms with Gasteiger partial charge in [-0.3, -0.25) is 10.1 Å². The van der Waals surface area contributed by atoms with Gasteiger partial charge in [0.05, 0.1) is 30.9 Å². The molecule has 0 saturated heterocycles. The van der Waals surface area contributed by atoms with Crippen LogP contribution in [0.3, 0.4) is 0 Å². The minimum atomic E-state index is -0.616. The first kappa shape index (κ1) is 15.5. The third-order valence-corrected chi connectivity index (χ3v) is 4.01. The van der Waals surface area contributed by atoms with E-state index in [0.717, 1.165) is 17.8 Å². The SMILES string of the molecule is CCC(C)C(NC(=O)C1Cc2nc[nH]c2CN1)C(=O)OC. The molecule has 7 heteroatoms. The Labute approximate surface area is 123 Å². The number of methoxy groups -OCH3 is 1. The minimum absolute atomic E-state index is 0.0194. The summed E-state index contributed by atoms with van der Waals surface area (Å²) in [5.74, 6) is -0.584. The van der Waals surface area contributed by atoms with Gasteiger partial charge in [-0.05, 0) is 5.92 Å². The first-order valence-corrected chi connectivity index (χ1v) is 7.19. The molecule has 7 nitrogen and oxygen atoms in total. The van der Waals surface area contributed by atoms with Crippen LogP contribution in [-0.2, 0) is 27.3 Å². The van der Waals surface area contributed by atoms with Gasteiger partial charge in [-0.15, -0.1) is 0 Å². The van der Waals surface area contributed by atoms with Crippen molar-refractivity contribution >= 4 is 11.9 Å². The number of carbonyl (C=O) groups excluding carboxylic acids is 2. The fourth-order valence-electron chi connectivity index (χ4n) is 2.40. The van der Waals surface area contributed by atoms with Gasteiger partial charge >= 0.3 is 5.97 Å². The first-order valence-electron chi connectivity index (χ1n) is 7.19. The van der Waals surface area contributed by atoms with Crippen molar-refractivity contribution in [3.8, 4) is 0 Å². The second kappa shape index (κ2) is 6.71. The fraction of sp³-hybridized carbons (Fsp3) is 0.643. The summed E-state index contributed by atoms with van der Waals surface area (Å²) < 4.78 is 4.78. The second-order valence-electron chi connectivity index (χ2n) is 5.36. The number of amides is 1. The van der Waals surface area contributed by atoms with Gasteiger partial charge in [-0.25, -0.2) is 9.78 Å². The van der Waals surface area contributed by atoms with Crippen molar-refractivity contribution in [2.24, 2.45) is 5.92 Å². The summed E-state index contributed by atoms with van der Waals surface area (Å²) in [4.78, 5) is 31.4. The molecule has 1 amide bonds. The minimum Gasteiger partial charge on any atom is -0.467 e. The lowest BCUT2D eigenvalue weighted by atomic mass is 9.98. The van der Waals surface area contributed by atoms with Crippen LogP contribution in [0.15, 0.2) is 6.33 Å². The van der Waals surface area contributed by atoms with E-state index in [1.54, 1.807) is 6.33 Å². The Balaban J connectivity index is 2.01. The number of imidazole rings is 1.